The van der Waals surface area contributed by atoms with Crippen LogP contribution in [0.1, 0.15) is 47.1 Å². The highest BCUT2D eigenvalue weighted by atomic mass is 31.2. The van der Waals surface area contributed by atoms with Crippen molar-refractivity contribution in [1.82, 2.24) is 0 Å². The third-order valence-electron chi connectivity index (χ3n) is 3.92. The van der Waals surface area contributed by atoms with Gasteiger partial charge in [-0.05, 0) is 35.4 Å². The molecule has 4 heteroatoms. The molecule has 0 radical (unpaired) electrons. The highest BCUT2D eigenvalue weighted by Gasteiger charge is 2.39. The highest BCUT2D eigenvalue weighted by Crippen LogP contribution is 2.64. The van der Waals surface area contributed by atoms with E-state index in [1.54, 1.807) is 12.1 Å². The molecule has 0 aliphatic heterocycles. The molecule has 0 bridgehead atoms. The van der Waals surface area contributed by atoms with Crippen LogP contribution >= 0.6 is 7.26 Å². The van der Waals surface area contributed by atoms with Gasteiger partial charge in [-0.3, -0.25) is 10.1 Å². The fraction of sp³-hybridized carbons (Fsp3) is 0.684. The van der Waals surface area contributed by atoms with Crippen LogP contribution in [0.25, 0.3) is 0 Å². The van der Waals surface area contributed by atoms with Gasteiger partial charge in [-0.2, -0.15) is 0 Å². The van der Waals surface area contributed by atoms with Gasteiger partial charge in [0.1, 0.15) is 0 Å². The molecular weight excluding hydrogens is 305 g/mol. The molecular formula is C19H33NO2P+. The number of nitro benzene ring substituents is 1. The number of non-ortho nitro benzene ring substituents is 1. The molecule has 0 aliphatic carbocycles. The third kappa shape index (κ3) is 6.99. The normalized spacial score (nSPS) is 12.4. The Labute approximate surface area is 142 Å². The number of hydrogen-bond donors (Lipinski definition) is 0. The molecule has 1 rings (SSSR count). The Bertz CT molecular complexity index is 468. The van der Waals surface area contributed by atoms with E-state index < -0.39 is 7.26 Å². The molecule has 0 aromatic heterocycles. The van der Waals surface area contributed by atoms with Crippen molar-refractivity contribution in [2.45, 2.75) is 47.7 Å². The van der Waals surface area contributed by atoms with Gasteiger partial charge in [0.05, 0.1) is 29.6 Å². The first-order chi connectivity index (χ1) is 10.6. The van der Waals surface area contributed by atoms with Crippen LogP contribution in [0.5, 0.6) is 0 Å². The largest absolute Gasteiger partial charge is 0.269 e. The smallest absolute Gasteiger partial charge is 0.258 e. The van der Waals surface area contributed by atoms with E-state index in [0.717, 1.165) is 6.16 Å². The standard InChI is InChI=1S/C19H33NO2P/c1-15(2)11-23(12-16(3)4,13-17(5)6)14-18-7-9-19(10-8-18)20(21)22/h7-10,15-17H,11-14H2,1-6H3/q+1. The van der Waals surface area contributed by atoms with Gasteiger partial charge in [0.2, 0.25) is 0 Å². The maximum Gasteiger partial charge on any atom is 0.269 e. The summed E-state index contributed by atoms with van der Waals surface area (Å²) in [4.78, 5) is 10.5. The van der Waals surface area contributed by atoms with Gasteiger partial charge in [-0.1, -0.05) is 41.5 Å². The highest BCUT2D eigenvalue weighted by molar-refractivity contribution is 7.75. The lowest BCUT2D eigenvalue weighted by Crippen LogP contribution is -2.19. The van der Waals surface area contributed by atoms with E-state index in [4.69, 9.17) is 0 Å². The van der Waals surface area contributed by atoms with E-state index in [9.17, 15) is 10.1 Å². The SMILES string of the molecule is CC(C)C[P+](Cc1ccc([N+](=O)[O-])cc1)(CC(C)C)CC(C)C. The fourth-order valence-corrected chi connectivity index (χ4v) is 10.3. The molecule has 3 nitrogen and oxygen atoms in total. The Kier molecular flexibility index (Phi) is 7.67. The zero-order chi connectivity index (χ0) is 17.6. The second kappa shape index (κ2) is 8.78. The monoisotopic (exact) mass is 338 g/mol. The molecule has 23 heavy (non-hydrogen) atoms. The van der Waals surface area contributed by atoms with Crippen LogP contribution < -0.4 is 0 Å². The molecule has 0 heterocycles. The summed E-state index contributed by atoms with van der Waals surface area (Å²) >= 11 is 0. The summed E-state index contributed by atoms with van der Waals surface area (Å²) < 4.78 is 0. The molecule has 0 amide bonds. The Morgan fingerprint density at radius 1 is 0.870 bits per heavy atom. The van der Waals surface area contributed by atoms with Crippen molar-refractivity contribution in [1.29, 1.82) is 0 Å². The molecule has 0 saturated heterocycles. The van der Waals surface area contributed by atoms with Gasteiger partial charge in [0.25, 0.3) is 5.69 Å². The second-order valence-corrected chi connectivity index (χ2v) is 12.2. The van der Waals surface area contributed by atoms with Gasteiger partial charge in [0.15, 0.2) is 0 Å². The maximum atomic E-state index is 10.8. The summed E-state index contributed by atoms with van der Waals surface area (Å²) in [7, 11) is -1.10. The summed E-state index contributed by atoms with van der Waals surface area (Å²) in [5, 5.41) is 10.8. The van der Waals surface area contributed by atoms with Crippen LogP contribution in [-0.4, -0.2) is 23.4 Å². The molecule has 0 spiro atoms. The quantitative estimate of drug-likeness (QED) is 0.311. The van der Waals surface area contributed by atoms with Gasteiger partial charge < -0.3 is 0 Å². The van der Waals surface area contributed by atoms with E-state index >= 15 is 0 Å². The Hall–Kier alpha value is -0.950. The van der Waals surface area contributed by atoms with Crippen LogP contribution in [0.4, 0.5) is 5.69 Å². The van der Waals surface area contributed by atoms with E-state index in [1.807, 2.05) is 12.1 Å². The molecule has 0 atom stereocenters. The molecule has 0 N–H and O–H groups in total. The van der Waals surface area contributed by atoms with Crippen molar-refractivity contribution in [2.75, 3.05) is 18.5 Å². The lowest BCUT2D eigenvalue weighted by Gasteiger charge is -2.32. The molecule has 1 aromatic carbocycles. The Morgan fingerprint density at radius 3 is 1.57 bits per heavy atom. The Morgan fingerprint density at radius 2 is 1.26 bits per heavy atom. The van der Waals surface area contributed by atoms with E-state index in [-0.39, 0.29) is 10.6 Å². The predicted octanol–water partition coefficient (Wildman–Crippen LogP) is 6.08. The van der Waals surface area contributed by atoms with Crippen LogP contribution in [-0.2, 0) is 6.16 Å². The van der Waals surface area contributed by atoms with Gasteiger partial charge in [-0.15, -0.1) is 0 Å². The topological polar surface area (TPSA) is 43.1 Å². The first-order valence-corrected chi connectivity index (χ1v) is 11.2. The summed E-state index contributed by atoms with van der Waals surface area (Å²) in [6.07, 6.45) is 5.08. The van der Waals surface area contributed by atoms with Crippen molar-refractivity contribution in [3.63, 3.8) is 0 Å². The van der Waals surface area contributed by atoms with Crippen molar-refractivity contribution in [3.8, 4) is 0 Å². The van der Waals surface area contributed by atoms with Gasteiger partial charge in [0, 0.05) is 19.4 Å². The second-order valence-electron chi connectivity index (χ2n) is 8.15. The van der Waals surface area contributed by atoms with Gasteiger partial charge >= 0.3 is 0 Å². The minimum absolute atomic E-state index is 0.189. The maximum absolute atomic E-state index is 10.8. The zero-order valence-corrected chi connectivity index (χ0v) is 16.5. The average Bonchev–Trinajstić information content (AvgIpc) is 2.36. The molecule has 0 saturated carbocycles. The summed E-state index contributed by atoms with van der Waals surface area (Å²) in [5.74, 6) is 2.12. The predicted molar refractivity (Wildman–Crippen MR) is 103 cm³/mol. The number of benzene rings is 1. The fourth-order valence-electron chi connectivity index (χ4n) is 3.85. The summed E-state index contributed by atoms with van der Waals surface area (Å²) in [6, 6.07) is 7.25. The lowest BCUT2D eigenvalue weighted by molar-refractivity contribution is -0.384. The zero-order valence-electron chi connectivity index (χ0n) is 15.6. The average molecular weight is 338 g/mol. The van der Waals surface area contributed by atoms with E-state index in [2.05, 4.69) is 41.5 Å². The van der Waals surface area contributed by atoms with Crippen molar-refractivity contribution >= 4 is 12.9 Å². The van der Waals surface area contributed by atoms with Crippen molar-refractivity contribution in [3.05, 3.63) is 39.9 Å². The summed E-state index contributed by atoms with van der Waals surface area (Å²) in [5.41, 5.74) is 1.46. The van der Waals surface area contributed by atoms with Gasteiger partial charge in [-0.25, -0.2) is 0 Å². The number of nitro groups is 1. The van der Waals surface area contributed by atoms with Crippen molar-refractivity contribution < 1.29 is 4.92 Å². The lowest BCUT2D eigenvalue weighted by atomic mass is 10.2. The minimum atomic E-state index is -1.10. The van der Waals surface area contributed by atoms with Crippen LogP contribution in [0, 0.1) is 27.9 Å². The molecule has 0 aliphatic rings. The number of hydrogen-bond acceptors (Lipinski definition) is 2. The molecule has 130 valence electrons. The van der Waals surface area contributed by atoms with E-state index in [1.165, 1.54) is 24.0 Å². The number of nitrogens with zero attached hydrogens (tertiary/aromatic N) is 1. The Balaban J connectivity index is 3.07. The third-order valence-corrected chi connectivity index (χ3v) is 9.47. The molecule has 1 aromatic rings. The van der Waals surface area contributed by atoms with E-state index in [0.29, 0.717) is 17.8 Å². The van der Waals surface area contributed by atoms with Crippen LogP contribution in [0.15, 0.2) is 24.3 Å². The first-order valence-electron chi connectivity index (χ1n) is 8.72. The van der Waals surface area contributed by atoms with Crippen LogP contribution in [0.2, 0.25) is 0 Å². The van der Waals surface area contributed by atoms with Crippen molar-refractivity contribution in [2.24, 2.45) is 17.8 Å². The first kappa shape index (κ1) is 20.1. The molecule has 0 unspecified atom stereocenters. The summed E-state index contributed by atoms with van der Waals surface area (Å²) in [6.45, 7) is 13.9. The minimum Gasteiger partial charge on any atom is -0.258 e. The van der Waals surface area contributed by atoms with Crippen LogP contribution in [0.3, 0.4) is 0 Å². The number of rotatable bonds is 9. The molecule has 0 fully saturated rings.